The van der Waals surface area contributed by atoms with Gasteiger partial charge in [0.15, 0.2) is 0 Å². The lowest BCUT2D eigenvalue weighted by Gasteiger charge is -2.39. The van der Waals surface area contributed by atoms with E-state index in [-0.39, 0.29) is 18.3 Å². The van der Waals surface area contributed by atoms with Crippen molar-refractivity contribution in [3.05, 3.63) is 0 Å². The molecule has 5 nitrogen and oxygen atoms in total. The molecule has 0 aromatic heterocycles. The third-order valence-corrected chi connectivity index (χ3v) is 4.86. The molecule has 2 aliphatic heterocycles. The highest BCUT2D eigenvalue weighted by atomic mass is 16.5. The molecule has 1 aliphatic carbocycles. The number of ether oxygens (including phenoxy) is 2. The Morgan fingerprint density at radius 3 is 2.52 bits per heavy atom. The molecule has 4 unspecified atom stereocenters. The van der Waals surface area contributed by atoms with E-state index in [1.807, 2.05) is 0 Å². The molecule has 122 valence electrons. The highest BCUT2D eigenvalue weighted by Crippen LogP contribution is 2.36. The predicted molar refractivity (Wildman–Crippen MR) is 81.4 cm³/mol. The van der Waals surface area contributed by atoms with Crippen LogP contribution in [0.2, 0.25) is 0 Å². The first-order valence-electron chi connectivity index (χ1n) is 8.49. The van der Waals surface area contributed by atoms with Crippen LogP contribution in [0.5, 0.6) is 0 Å². The zero-order valence-corrected chi connectivity index (χ0v) is 13.4. The van der Waals surface area contributed by atoms with Gasteiger partial charge < -0.3 is 14.6 Å². The maximum absolute atomic E-state index is 10.5. The number of β-amino-alcohol motifs (C(OH)–C–C–N with tert-alkyl or cyclic N) is 1. The summed E-state index contributed by atoms with van der Waals surface area (Å²) in [5.41, 5.74) is 0. The van der Waals surface area contributed by atoms with E-state index in [0.29, 0.717) is 6.04 Å². The molecule has 0 spiro atoms. The number of hydrogen-bond donors (Lipinski definition) is 1. The summed E-state index contributed by atoms with van der Waals surface area (Å²) in [6.07, 6.45) is 2.92. The second-order valence-corrected chi connectivity index (χ2v) is 7.10. The molecule has 3 rings (SSSR count). The second kappa shape index (κ2) is 6.92. The number of morpholine rings is 2. The SMILES string of the molecule is CC1CN(CC(O)CN2CCOCC2C2CC2)CC(C)O1. The molecule has 4 atom stereocenters. The predicted octanol–water partition coefficient (Wildman–Crippen LogP) is 0.567. The number of hydrogen-bond acceptors (Lipinski definition) is 5. The summed E-state index contributed by atoms with van der Waals surface area (Å²) in [5.74, 6) is 0.806. The van der Waals surface area contributed by atoms with Crippen LogP contribution >= 0.6 is 0 Å². The summed E-state index contributed by atoms with van der Waals surface area (Å²) in [4.78, 5) is 4.80. The van der Waals surface area contributed by atoms with Gasteiger partial charge in [-0.3, -0.25) is 9.80 Å². The monoisotopic (exact) mass is 298 g/mol. The van der Waals surface area contributed by atoms with Crippen molar-refractivity contribution >= 4 is 0 Å². The van der Waals surface area contributed by atoms with E-state index in [1.54, 1.807) is 0 Å². The van der Waals surface area contributed by atoms with Crippen molar-refractivity contribution in [2.24, 2.45) is 5.92 Å². The minimum absolute atomic E-state index is 0.267. The van der Waals surface area contributed by atoms with Crippen LogP contribution in [0, 0.1) is 5.92 Å². The Labute approximate surface area is 128 Å². The van der Waals surface area contributed by atoms with Crippen LogP contribution in [0.3, 0.4) is 0 Å². The zero-order valence-electron chi connectivity index (χ0n) is 13.4. The lowest BCUT2D eigenvalue weighted by Crippen LogP contribution is -2.53. The quantitative estimate of drug-likeness (QED) is 0.804. The summed E-state index contributed by atoms with van der Waals surface area (Å²) in [6.45, 7) is 10.2. The second-order valence-electron chi connectivity index (χ2n) is 7.10. The van der Waals surface area contributed by atoms with Crippen LogP contribution in [0.25, 0.3) is 0 Å². The minimum Gasteiger partial charge on any atom is -0.390 e. The van der Waals surface area contributed by atoms with Crippen molar-refractivity contribution in [1.82, 2.24) is 9.80 Å². The first-order chi connectivity index (χ1) is 10.1. The number of aliphatic hydroxyl groups excluding tert-OH is 1. The van der Waals surface area contributed by atoms with E-state index >= 15 is 0 Å². The van der Waals surface area contributed by atoms with Gasteiger partial charge in [0.2, 0.25) is 0 Å². The minimum atomic E-state index is -0.276. The van der Waals surface area contributed by atoms with E-state index in [1.165, 1.54) is 12.8 Å². The standard InChI is InChI=1S/C16H30N2O3/c1-12-7-17(8-13(2)21-12)9-15(19)10-18-5-6-20-11-16(18)14-3-4-14/h12-16,19H,3-11H2,1-2H3. The fraction of sp³-hybridized carbons (Fsp3) is 1.00. The average molecular weight is 298 g/mol. The maximum atomic E-state index is 10.5. The smallest absolute Gasteiger partial charge is 0.0793 e. The average Bonchev–Trinajstić information content (AvgIpc) is 3.22. The van der Waals surface area contributed by atoms with E-state index < -0.39 is 0 Å². The molecule has 0 amide bonds. The normalized spacial score (nSPS) is 37.6. The van der Waals surface area contributed by atoms with Crippen molar-refractivity contribution in [2.75, 3.05) is 45.9 Å². The van der Waals surface area contributed by atoms with Gasteiger partial charge >= 0.3 is 0 Å². The van der Waals surface area contributed by atoms with Crippen LogP contribution in [-0.4, -0.2) is 85.2 Å². The molecule has 0 aromatic carbocycles. The van der Waals surface area contributed by atoms with E-state index in [0.717, 1.165) is 51.9 Å². The molecular formula is C16H30N2O3. The third-order valence-electron chi connectivity index (χ3n) is 4.86. The molecule has 3 fully saturated rings. The maximum Gasteiger partial charge on any atom is 0.0793 e. The van der Waals surface area contributed by atoms with Gasteiger partial charge in [-0.1, -0.05) is 0 Å². The number of nitrogens with zero attached hydrogens (tertiary/aromatic N) is 2. The molecule has 2 saturated heterocycles. The Balaban J connectivity index is 1.47. The Kier molecular flexibility index (Phi) is 5.17. The highest BCUT2D eigenvalue weighted by molar-refractivity contribution is 4.91. The Bertz CT molecular complexity index is 327. The first kappa shape index (κ1) is 15.7. The van der Waals surface area contributed by atoms with Crippen molar-refractivity contribution in [2.45, 2.75) is 51.0 Å². The molecule has 1 N–H and O–H groups in total. The topological polar surface area (TPSA) is 45.2 Å². The first-order valence-corrected chi connectivity index (χ1v) is 8.49. The van der Waals surface area contributed by atoms with Crippen LogP contribution in [0.15, 0.2) is 0 Å². The summed E-state index contributed by atoms with van der Waals surface area (Å²) in [5, 5.41) is 10.5. The Morgan fingerprint density at radius 2 is 1.86 bits per heavy atom. The summed E-state index contributed by atoms with van der Waals surface area (Å²) in [6, 6.07) is 0.538. The van der Waals surface area contributed by atoms with Crippen LogP contribution in [0.1, 0.15) is 26.7 Å². The lowest BCUT2D eigenvalue weighted by atomic mass is 10.1. The van der Waals surface area contributed by atoms with Crippen LogP contribution < -0.4 is 0 Å². The molecule has 0 bridgehead atoms. The lowest BCUT2D eigenvalue weighted by molar-refractivity contribution is -0.0829. The van der Waals surface area contributed by atoms with Crippen LogP contribution in [0.4, 0.5) is 0 Å². The van der Waals surface area contributed by atoms with Crippen LogP contribution in [-0.2, 0) is 9.47 Å². The summed E-state index contributed by atoms with van der Waals surface area (Å²) >= 11 is 0. The largest absolute Gasteiger partial charge is 0.390 e. The van der Waals surface area contributed by atoms with Gasteiger partial charge in [0.25, 0.3) is 0 Å². The molecule has 0 aromatic rings. The van der Waals surface area contributed by atoms with E-state index in [9.17, 15) is 5.11 Å². The van der Waals surface area contributed by atoms with Gasteiger partial charge in [0.05, 0.1) is 31.5 Å². The highest BCUT2D eigenvalue weighted by Gasteiger charge is 2.37. The number of aliphatic hydroxyl groups is 1. The van der Waals surface area contributed by atoms with Crippen molar-refractivity contribution in [3.63, 3.8) is 0 Å². The molecule has 2 heterocycles. The molecular weight excluding hydrogens is 268 g/mol. The molecule has 3 aliphatic rings. The van der Waals surface area contributed by atoms with Gasteiger partial charge in [-0.2, -0.15) is 0 Å². The van der Waals surface area contributed by atoms with Gasteiger partial charge in [0.1, 0.15) is 0 Å². The van der Waals surface area contributed by atoms with E-state index in [2.05, 4.69) is 23.6 Å². The van der Waals surface area contributed by atoms with Gasteiger partial charge in [-0.15, -0.1) is 0 Å². The zero-order chi connectivity index (χ0) is 14.8. The number of rotatable bonds is 5. The fourth-order valence-electron chi connectivity index (χ4n) is 3.86. The molecule has 1 saturated carbocycles. The Morgan fingerprint density at radius 1 is 1.14 bits per heavy atom. The third kappa shape index (κ3) is 4.39. The van der Waals surface area contributed by atoms with Gasteiger partial charge in [0, 0.05) is 38.8 Å². The summed E-state index contributed by atoms with van der Waals surface area (Å²) < 4.78 is 11.4. The Hall–Kier alpha value is -0.200. The molecule has 0 radical (unpaired) electrons. The van der Waals surface area contributed by atoms with Gasteiger partial charge in [-0.25, -0.2) is 0 Å². The fourth-order valence-corrected chi connectivity index (χ4v) is 3.86. The molecule has 5 heteroatoms. The van der Waals surface area contributed by atoms with Crippen molar-refractivity contribution in [3.8, 4) is 0 Å². The van der Waals surface area contributed by atoms with Crippen molar-refractivity contribution in [1.29, 1.82) is 0 Å². The molecule has 21 heavy (non-hydrogen) atoms. The van der Waals surface area contributed by atoms with E-state index in [4.69, 9.17) is 9.47 Å². The van der Waals surface area contributed by atoms with Gasteiger partial charge in [-0.05, 0) is 32.6 Å². The van der Waals surface area contributed by atoms with Crippen molar-refractivity contribution < 1.29 is 14.6 Å². The summed E-state index contributed by atoms with van der Waals surface area (Å²) in [7, 11) is 0.